The summed E-state index contributed by atoms with van der Waals surface area (Å²) in [5.41, 5.74) is 6.15. The predicted molar refractivity (Wildman–Crippen MR) is 85.3 cm³/mol. The van der Waals surface area contributed by atoms with Crippen molar-refractivity contribution in [3.05, 3.63) is 70.8 Å². The molecule has 0 unspecified atom stereocenters. The standard InChI is InChI=1S/C19H23N/c1-20(2)14-13-19-17-9-5-3-7-15(17)11-12-16-8-4-6-10-18(16)19/h3-10,19H,11-14H2,1-2H3. The number of nitrogens with zero attached hydrogens (tertiary/aromatic N) is 1. The average molecular weight is 265 g/mol. The molecule has 0 atom stereocenters. The van der Waals surface area contributed by atoms with Crippen LogP contribution in [0.1, 0.15) is 34.6 Å². The molecule has 0 saturated carbocycles. The van der Waals surface area contributed by atoms with E-state index in [1.807, 2.05) is 0 Å². The second-order valence-corrected chi connectivity index (χ2v) is 6.04. The molecule has 0 saturated heterocycles. The molecule has 104 valence electrons. The van der Waals surface area contributed by atoms with E-state index in [2.05, 4.69) is 67.5 Å². The molecule has 1 heteroatoms. The zero-order valence-electron chi connectivity index (χ0n) is 12.5. The summed E-state index contributed by atoms with van der Waals surface area (Å²) >= 11 is 0. The predicted octanol–water partition coefficient (Wildman–Crippen LogP) is 3.87. The van der Waals surface area contributed by atoms with E-state index in [0.717, 1.165) is 6.54 Å². The van der Waals surface area contributed by atoms with E-state index in [4.69, 9.17) is 0 Å². The zero-order valence-corrected chi connectivity index (χ0v) is 12.5. The van der Waals surface area contributed by atoms with Gasteiger partial charge in [0.1, 0.15) is 0 Å². The lowest BCUT2D eigenvalue weighted by Crippen LogP contribution is -2.17. The number of aryl methyl sites for hydroxylation is 2. The maximum absolute atomic E-state index is 2.33. The third-order valence-electron chi connectivity index (χ3n) is 4.39. The fourth-order valence-corrected chi connectivity index (χ4v) is 3.34. The van der Waals surface area contributed by atoms with Crippen LogP contribution in [0.5, 0.6) is 0 Å². The van der Waals surface area contributed by atoms with Crippen molar-refractivity contribution in [2.75, 3.05) is 20.6 Å². The van der Waals surface area contributed by atoms with Crippen molar-refractivity contribution in [2.45, 2.75) is 25.2 Å². The summed E-state index contributed by atoms with van der Waals surface area (Å²) in [6.45, 7) is 1.13. The van der Waals surface area contributed by atoms with E-state index in [-0.39, 0.29) is 0 Å². The molecule has 0 bridgehead atoms. The van der Waals surface area contributed by atoms with Gasteiger partial charge in [-0.2, -0.15) is 0 Å². The third kappa shape index (κ3) is 2.64. The normalized spacial score (nSPS) is 14.8. The Labute approximate surface area is 122 Å². The Morgan fingerprint density at radius 1 is 0.850 bits per heavy atom. The number of hydrogen-bond acceptors (Lipinski definition) is 1. The van der Waals surface area contributed by atoms with Gasteiger partial charge in [0, 0.05) is 5.92 Å². The molecular weight excluding hydrogens is 242 g/mol. The molecule has 1 aliphatic carbocycles. The van der Waals surface area contributed by atoms with Gasteiger partial charge in [0.25, 0.3) is 0 Å². The summed E-state index contributed by atoms with van der Waals surface area (Å²) in [6, 6.07) is 18.0. The van der Waals surface area contributed by atoms with Crippen LogP contribution >= 0.6 is 0 Å². The molecular formula is C19H23N. The van der Waals surface area contributed by atoms with Crippen molar-refractivity contribution in [1.29, 1.82) is 0 Å². The van der Waals surface area contributed by atoms with Crippen LogP contribution in [0.3, 0.4) is 0 Å². The number of fused-ring (bicyclic) bond motifs is 2. The Balaban J connectivity index is 2.04. The number of benzene rings is 2. The highest BCUT2D eigenvalue weighted by molar-refractivity contribution is 5.44. The van der Waals surface area contributed by atoms with Crippen molar-refractivity contribution in [1.82, 2.24) is 4.90 Å². The summed E-state index contributed by atoms with van der Waals surface area (Å²) in [7, 11) is 4.32. The fraction of sp³-hybridized carbons (Fsp3) is 0.368. The fourth-order valence-electron chi connectivity index (χ4n) is 3.34. The highest BCUT2D eigenvalue weighted by atomic mass is 15.0. The Morgan fingerprint density at radius 3 is 1.85 bits per heavy atom. The van der Waals surface area contributed by atoms with Crippen LogP contribution in [0.4, 0.5) is 0 Å². The lowest BCUT2D eigenvalue weighted by molar-refractivity contribution is 0.390. The maximum Gasteiger partial charge on any atom is 0.0107 e. The molecule has 0 aromatic heterocycles. The molecule has 0 aliphatic heterocycles. The summed E-state index contributed by atoms with van der Waals surface area (Å²) in [5, 5.41) is 0. The Bertz CT molecular complexity index is 538. The molecule has 1 nitrogen and oxygen atoms in total. The topological polar surface area (TPSA) is 3.24 Å². The van der Waals surface area contributed by atoms with Gasteiger partial charge in [-0.25, -0.2) is 0 Å². The van der Waals surface area contributed by atoms with E-state index in [1.54, 1.807) is 11.1 Å². The van der Waals surface area contributed by atoms with Crippen LogP contribution < -0.4 is 0 Å². The highest BCUT2D eigenvalue weighted by Gasteiger charge is 2.22. The second kappa shape index (κ2) is 5.80. The minimum Gasteiger partial charge on any atom is -0.309 e. The summed E-state index contributed by atoms with van der Waals surface area (Å²) in [4.78, 5) is 2.29. The molecule has 0 amide bonds. The third-order valence-corrected chi connectivity index (χ3v) is 4.39. The first-order chi connectivity index (χ1) is 9.75. The van der Waals surface area contributed by atoms with Crippen LogP contribution in [0, 0.1) is 0 Å². The number of rotatable bonds is 3. The molecule has 0 heterocycles. The van der Waals surface area contributed by atoms with Crippen molar-refractivity contribution >= 4 is 0 Å². The minimum atomic E-state index is 0.548. The maximum atomic E-state index is 2.33. The molecule has 20 heavy (non-hydrogen) atoms. The molecule has 0 N–H and O–H groups in total. The molecule has 0 spiro atoms. The monoisotopic (exact) mass is 265 g/mol. The van der Waals surface area contributed by atoms with Crippen molar-refractivity contribution < 1.29 is 0 Å². The van der Waals surface area contributed by atoms with E-state index in [9.17, 15) is 0 Å². The molecule has 3 rings (SSSR count). The summed E-state index contributed by atoms with van der Waals surface area (Å²) in [6.07, 6.45) is 3.54. The van der Waals surface area contributed by atoms with Gasteiger partial charge < -0.3 is 4.90 Å². The van der Waals surface area contributed by atoms with E-state index < -0.39 is 0 Å². The van der Waals surface area contributed by atoms with Crippen LogP contribution in [-0.2, 0) is 12.8 Å². The van der Waals surface area contributed by atoms with Crippen molar-refractivity contribution in [3.8, 4) is 0 Å². The second-order valence-electron chi connectivity index (χ2n) is 6.04. The lowest BCUT2D eigenvalue weighted by atomic mass is 9.85. The van der Waals surface area contributed by atoms with Gasteiger partial charge in [-0.1, -0.05) is 48.5 Å². The van der Waals surface area contributed by atoms with Gasteiger partial charge in [-0.3, -0.25) is 0 Å². The SMILES string of the molecule is CN(C)CCC1c2ccccc2CCc2ccccc21. The molecule has 2 aromatic rings. The first-order valence-electron chi connectivity index (χ1n) is 7.56. The first-order valence-corrected chi connectivity index (χ1v) is 7.56. The first kappa shape index (κ1) is 13.4. The molecule has 0 fully saturated rings. The van der Waals surface area contributed by atoms with Crippen molar-refractivity contribution in [2.24, 2.45) is 0 Å². The van der Waals surface area contributed by atoms with Gasteiger partial charge >= 0.3 is 0 Å². The highest BCUT2D eigenvalue weighted by Crippen LogP contribution is 2.36. The quantitative estimate of drug-likeness (QED) is 0.814. The Morgan fingerprint density at radius 2 is 1.35 bits per heavy atom. The molecule has 0 radical (unpaired) electrons. The van der Waals surface area contributed by atoms with Gasteiger partial charge in [0.05, 0.1) is 0 Å². The summed E-state index contributed by atoms with van der Waals surface area (Å²) in [5.74, 6) is 0.548. The molecule has 2 aromatic carbocycles. The van der Waals surface area contributed by atoms with Gasteiger partial charge in [-0.15, -0.1) is 0 Å². The van der Waals surface area contributed by atoms with Gasteiger partial charge in [-0.05, 0) is 62.2 Å². The van der Waals surface area contributed by atoms with E-state index in [1.165, 1.54) is 30.4 Å². The summed E-state index contributed by atoms with van der Waals surface area (Å²) < 4.78 is 0. The van der Waals surface area contributed by atoms with E-state index in [0.29, 0.717) is 5.92 Å². The van der Waals surface area contributed by atoms with Crippen molar-refractivity contribution in [3.63, 3.8) is 0 Å². The van der Waals surface area contributed by atoms with Crippen LogP contribution in [0.15, 0.2) is 48.5 Å². The lowest BCUT2D eigenvalue weighted by Gasteiger charge is -2.22. The Hall–Kier alpha value is -1.60. The van der Waals surface area contributed by atoms with E-state index >= 15 is 0 Å². The molecule has 1 aliphatic rings. The van der Waals surface area contributed by atoms with Crippen LogP contribution in [0.25, 0.3) is 0 Å². The van der Waals surface area contributed by atoms with Gasteiger partial charge in [0.2, 0.25) is 0 Å². The smallest absolute Gasteiger partial charge is 0.0107 e. The Kier molecular flexibility index (Phi) is 3.88. The van der Waals surface area contributed by atoms with Crippen LogP contribution in [-0.4, -0.2) is 25.5 Å². The van der Waals surface area contributed by atoms with Crippen LogP contribution in [0.2, 0.25) is 0 Å². The average Bonchev–Trinajstić information content (AvgIpc) is 2.62. The zero-order chi connectivity index (χ0) is 13.9. The number of hydrogen-bond donors (Lipinski definition) is 0. The minimum absolute atomic E-state index is 0.548. The van der Waals surface area contributed by atoms with Gasteiger partial charge in [0.15, 0.2) is 0 Å². The largest absolute Gasteiger partial charge is 0.309 e.